The Labute approximate surface area is 112 Å². The van der Waals surface area contributed by atoms with Crippen molar-refractivity contribution in [3.8, 4) is 0 Å². The zero-order valence-electron chi connectivity index (χ0n) is 10.8. The minimum absolute atomic E-state index is 0.0517. The normalized spacial score (nSPS) is 23.4. The first kappa shape index (κ1) is 15.0. The number of rotatable bonds is 6. The van der Waals surface area contributed by atoms with Crippen LogP contribution in [0.2, 0.25) is 0 Å². The first-order valence-corrected chi connectivity index (χ1v) is 7.01. The Morgan fingerprint density at radius 1 is 1.61 bits per heavy atom. The first-order valence-electron chi connectivity index (χ1n) is 5.96. The van der Waals surface area contributed by atoms with Gasteiger partial charge in [0.25, 0.3) is 0 Å². The molecule has 5 nitrogen and oxygen atoms in total. The molecule has 6 heteroatoms. The smallest absolute Gasteiger partial charge is 0.327 e. The summed E-state index contributed by atoms with van der Waals surface area (Å²) in [5, 5.41) is 12.0. The van der Waals surface area contributed by atoms with Crippen LogP contribution in [0.5, 0.6) is 0 Å². The zero-order chi connectivity index (χ0) is 13.7. The maximum atomic E-state index is 12.1. The molecule has 1 rings (SSSR count). The van der Waals surface area contributed by atoms with Crippen LogP contribution in [0.15, 0.2) is 12.7 Å². The third kappa shape index (κ3) is 3.49. The summed E-state index contributed by atoms with van der Waals surface area (Å²) in [6.07, 6.45) is 1.67. The molecule has 0 aromatic heterocycles. The highest BCUT2D eigenvalue weighted by molar-refractivity contribution is 8.00. The van der Waals surface area contributed by atoms with E-state index in [0.717, 1.165) is 0 Å². The van der Waals surface area contributed by atoms with Gasteiger partial charge in [-0.05, 0) is 5.92 Å². The Balaban J connectivity index is 2.73. The standard InChI is InChI=1S/C12H20N2O3S/c1-4-5-13-6-10(15)14-9(12(16)17)7-18-11(14)8(2)3/h4,8-9,11,13H,1,5-7H2,2-3H3,(H,16,17). The van der Waals surface area contributed by atoms with Gasteiger partial charge in [-0.25, -0.2) is 4.79 Å². The molecule has 1 saturated heterocycles. The predicted octanol–water partition coefficient (Wildman–Crippen LogP) is 0.773. The minimum atomic E-state index is -0.928. The van der Waals surface area contributed by atoms with Gasteiger partial charge in [0.15, 0.2) is 0 Å². The van der Waals surface area contributed by atoms with Gasteiger partial charge in [-0.3, -0.25) is 4.79 Å². The Morgan fingerprint density at radius 3 is 2.78 bits per heavy atom. The second kappa shape index (κ2) is 6.80. The summed E-state index contributed by atoms with van der Waals surface area (Å²) in [5.41, 5.74) is 0. The molecular formula is C12H20N2O3S. The van der Waals surface area contributed by atoms with Crippen LogP contribution in [0.25, 0.3) is 0 Å². The molecule has 18 heavy (non-hydrogen) atoms. The number of thioether (sulfide) groups is 1. The van der Waals surface area contributed by atoms with E-state index in [1.807, 2.05) is 13.8 Å². The van der Waals surface area contributed by atoms with Crippen molar-refractivity contribution in [2.45, 2.75) is 25.3 Å². The van der Waals surface area contributed by atoms with E-state index in [-0.39, 0.29) is 23.7 Å². The van der Waals surface area contributed by atoms with Gasteiger partial charge < -0.3 is 15.3 Å². The van der Waals surface area contributed by atoms with Crippen LogP contribution in [-0.2, 0) is 9.59 Å². The van der Waals surface area contributed by atoms with Crippen molar-refractivity contribution >= 4 is 23.6 Å². The maximum Gasteiger partial charge on any atom is 0.327 e. The van der Waals surface area contributed by atoms with Crippen molar-refractivity contribution in [2.75, 3.05) is 18.8 Å². The average molecular weight is 272 g/mol. The molecule has 0 aromatic carbocycles. The number of aliphatic carboxylic acids is 1. The highest BCUT2D eigenvalue weighted by Crippen LogP contribution is 2.33. The van der Waals surface area contributed by atoms with Crippen LogP contribution in [-0.4, -0.2) is 52.1 Å². The summed E-state index contributed by atoms with van der Waals surface area (Å²) in [4.78, 5) is 24.8. The number of carbonyl (C=O) groups excluding carboxylic acids is 1. The van der Waals surface area contributed by atoms with Crippen molar-refractivity contribution in [3.63, 3.8) is 0 Å². The van der Waals surface area contributed by atoms with E-state index in [2.05, 4.69) is 11.9 Å². The zero-order valence-corrected chi connectivity index (χ0v) is 11.6. The summed E-state index contributed by atoms with van der Waals surface area (Å²) in [7, 11) is 0. The molecule has 0 bridgehead atoms. The van der Waals surface area contributed by atoms with Gasteiger partial charge in [0.1, 0.15) is 6.04 Å². The topological polar surface area (TPSA) is 69.6 Å². The number of amides is 1. The Kier molecular flexibility index (Phi) is 5.68. The molecule has 1 aliphatic heterocycles. The van der Waals surface area contributed by atoms with E-state index in [1.165, 1.54) is 16.7 Å². The summed E-state index contributed by atoms with van der Waals surface area (Å²) in [6.45, 7) is 8.25. The van der Waals surface area contributed by atoms with Crippen LogP contribution in [0.3, 0.4) is 0 Å². The number of nitrogens with zero attached hydrogens (tertiary/aromatic N) is 1. The number of carboxylic acid groups (broad SMARTS) is 1. The fourth-order valence-corrected chi connectivity index (χ4v) is 3.41. The highest BCUT2D eigenvalue weighted by atomic mass is 32.2. The van der Waals surface area contributed by atoms with Gasteiger partial charge >= 0.3 is 5.97 Å². The van der Waals surface area contributed by atoms with Crippen LogP contribution in [0.1, 0.15) is 13.8 Å². The molecule has 102 valence electrons. The molecule has 2 atom stereocenters. The van der Waals surface area contributed by atoms with Crippen molar-refractivity contribution < 1.29 is 14.7 Å². The largest absolute Gasteiger partial charge is 0.480 e. The summed E-state index contributed by atoms with van der Waals surface area (Å²) < 4.78 is 0. The van der Waals surface area contributed by atoms with Crippen LogP contribution in [0.4, 0.5) is 0 Å². The molecule has 1 heterocycles. The molecule has 0 saturated carbocycles. The van der Waals surface area contributed by atoms with Gasteiger partial charge in [-0.2, -0.15) is 0 Å². The van der Waals surface area contributed by atoms with E-state index in [4.69, 9.17) is 5.11 Å². The molecular weight excluding hydrogens is 252 g/mol. The van der Waals surface area contributed by atoms with E-state index in [1.54, 1.807) is 6.08 Å². The quantitative estimate of drug-likeness (QED) is 0.552. The molecule has 0 aromatic rings. The first-order chi connectivity index (χ1) is 8.49. The monoisotopic (exact) mass is 272 g/mol. The Morgan fingerprint density at radius 2 is 2.28 bits per heavy atom. The van der Waals surface area contributed by atoms with Gasteiger partial charge in [-0.15, -0.1) is 18.3 Å². The second-order valence-corrected chi connectivity index (χ2v) is 5.69. The number of carboxylic acids is 1. The third-order valence-corrected chi connectivity index (χ3v) is 4.36. The molecule has 0 radical (unpaired) electrons. The molecule has 2 unspecified atom stereocenters. The van der Waals surface area contributed by atoms with Gasteiger partial charge in [-0.1, -0.05) is 19.9 Å². The molecule has 1 fully saturated rings. The van der Waals surface area contributed by atoms with Crippen molar-refractivity contribution in [3.05, 3.63) is 12.7 Å². The van der Waals surface area contributed by atoms with Gasteiger partial charge in [0, 0.05) is 12.3 Å². The lowest BCUT2D eigenvalue weighted by Crippen LogP contribution is -2.50. The van der Waals surface area contributed by atoms with Gasteiger partial charge in [0.2, 0.25) is 5.91 Å². The van der Waals surface area contributed by atoms with E-state index >= 15 is 0 Å². The maximum absolute atomic E-state index is 12.1. The molecule has 1 amide bonds. The molecule has 0 spiro atoms. The molecule has 2 N–H and O–H groups in total. The number of nitrogens with one attached hydrogen (secondary N) is 1. The Hall–Kier alpha value is -1.01. The lowest BCUT2D eigenvalue weighted by Gasteiger charge is -2.29. The SMILES string of the molecule is C=CCNCC(=O)N1C(C(=O)O)CSC1C(C)C. The average Bonchev–Trinajstić information content (AvgIpc) is 2.73. The van der Waals surface area contributed by atoms with Crippen molar-refractivity contribution in [2.24, 2.45) is 5.92 Å². The Bertz CT molecular complexity index is 333. The van der Waals surface area contributed by atoms with E-state index < -0.39 is 12.0 Å². The minimum Gasteiger partial charge on any atom is -0.480 e. The highest BCUT2D eigenvalue weighted by Gasteiger charge is 2.42. The molecule has 1 aliphatic rings. The third-order valence-electron chi connectivity index (χ3n) is 2.74. The summed E-state index contributed by atoms with van der Waals surface area (Å²) >= 11 is 1.54. The lowest BCUT2D eigenvalue weighted by molar-refractivity contribution is -0.149. The fourth-order valence-electron chi connectivity index (χ4n) is 1.92. The number of carbonyl (C=O) groups is 2. The fraction of sp³-hybridized carbons (Fsp3) is 0.667. The summed E-state index contributed by atoms with van der Waals surface area (Å²) in [6, 6.07) is -0.708. The van der Waals surface area contributed by atoms with Crippen LogP contribution < -0.4 is 5.32 Å². The summed E-state index contributed by atoms with van der Waals surface area (Å²) in [5.74, 6) is -0.385. The van der Waals surface area contributed by atoms with Gasteiger partial charge in [0.05, 0.1) is 11.9 Å². The molecule has 0 aliphatic carbocycles. The second-order valence-electron chi connectivity index (χ2n) is 4.54. The van der Waals surface area contributed by atoms with Crippen molar-refractivity contribution in [1.29, 1.82) is 0 Å². The predicted molar refractivity (Wildman–Crippen MR) is 72.4 cm³/mol. The lowest BCUT2D eigenvalue weighted by atomic mass is 10.1. The van der Waals surface area contributed by atoms with Crippen LogP contribution >= 0.6 is 11.8 Å². The van der Waals surface area contributed by atoms with Crippen LogP contribution in [0, 0.1) is 5.92 Å². The van der Waals surface area contributed by atoms with Crippen molar-refractivity contribution in [1.82, 2.24) is 10.2 Å². The van der Waals surface area contributed by atoms with E-state index in [0.29, 0.717) is 12.3 Å². The number of hydrogen-bond donors (Lipinski definition) is 2. The van der Waals surface area contributed by atoms with E-state index in [9.17, 15) is 9.59 Å². The number of hydrogen-bond acceptors (Lipinski definition) is 4.